The molecule has 246 valence electrons. The van der Waals surface area contributed by atoms with E-state index in [1.54, 1.807) is 12.1 Å². The predicted molar refractivity (Wildman–Crippen MR) is 169 cm³/mol. The number of anilines is 2. The fraction of sp³-hybridized carbons (Fsp3) is 0.455. The first-order valence-electron chi connectivity index (χ1n) is 15.4. The number of thiophene rings is 1. The number of piperidine rings is 1. The molecule has 7 rings (SSSR count). The predicted octanol–water partition coefficient (Wildman–Crippen LogP) is 6.60. The lowest BCUT2D eigenvalue weighted by molar-refractivity contribution is -0.137. The minimum Gasteiger partial charge on any atom is -0.496 e. The molecule has 3 aliphatic rings. The van der Waals surface area contributed by atoms with E-state index in [0.29, 0.717) is 29.2 Å². The molecule has 1 N–H and O–H groups in total. The quantitative estimate of drug-likeness (QED) is 0.200. The fourth-order valence-electron chi connectivity index (χ4n) is 6.76. The second-order valence-corrected chi connectivity index (χ2v) is 14.0. The molecule has 3 fully saturated rings. The highest BCUT2D eigenvalue weighted by Gasteiger charge is 2.48. The number of halogens is 3. The van der Waals surface area contributed by atoms with Gasteiger partial charge in [0.1, 0.15) is 27.9 Å². The van der Waals surface area contributed by atoms with E-state index in [1.165, 1.54) is 24.5 Å². The highest BCUT2D eigenvalue weighted by atomic mass is 32.1. The molecule has 5 heterocycles. The van der Waals surface area contributed by atoms with Crippen LogP contribution in [0.2, 0.25) is 0 Å². The monoisotopic (exact) mass is 666 g/mol. The molecule has 3 aromatic heterocycles. The van der Waals surface area contributed by atoms with Gasteiger partial charge in [0.15, 0.2) is 0 Å². The number of carboxylic acids is 1. The highest BCUT2D eigenvalue weighted by molar-refractivity contribution is 7.20. The van der Waals surface area contributed by atoms with Gasteiger partial charge in [0, 0.05) is 61.6 Å². The van der Waals surface area contributed by atoms with Gasteiger partial charge >= 0.3 is 12.1 Å². The Kier molecular flexibility index (Phi) is 7.69. The number of nitrogens with zero attached hydrogens (tertiary/aromatic N) is 6. The van der Waals surface area contributed by atoms with Crippen molar-refractivity contribution in [3.63, 3.8) is 0 Å². The highest BCUT2D eigenvalue weighted by Crippen LogP contribution is 2.52. The van der Waals surface area contributed by atoms with E-state index in [0.717, 1.165) is 81.3 Å². The number of hydrogen-bond acceptors (Lipinski definition) is 9. The summed E-state index contributed by atoms with van der Waals surface area (Å²) in [6.07, 6.45) is -0.0767. The SMILES string of the molecule is COc1cc(C(F)(F)F)ccc1COc1cccc(N2CCC3(CC2)CN(c2nc4sc(C(=O)O)cc4n2CC2(CC#N)CC2)C3)n1. The molecule has 10 nitrogen and oxygen atoms in total. The average molecular weight is 667 g/mol. The van der Waals surface area contributed by atoms with Crippen LogP contribution in [0.15, 0.2) is 42.5 Å². The lowest BCUT2D eigenvalue weighted by Gasteiger charge is -2.54. The zero-order valence-corrected chi connectivity index (χ0v) is 26.5. The Labute approximate surface area is 273 Å². The van der Waals surface area contributed by atoms with Gasteiger partial charge < -0.3 is 28.9 Å². The Hall–Kier alpha value is -4.51. The van der Waals surface area contributed by atoms with E-state index in [2.05, 4.69) is 25.4 Å². The Morgan fingerprint density at radius 2 is 1.85 bits per heavy atom. The van der Waals surface area contributed by atoms with Gasteiger partial charge in [-0.1, -0.05) is 12.1 Å². The van der Waals surface area contributed by atoms with Gasteiger partial charge in [0.05, 0.1) is 24.3 Å². The lowest BCUT2D eigenvalue weighted by Crippen LogP contribution is -2.61. The number of pyridine rings is 1. The van der Waals surface area contributed by atoms with E-state index in [-0.39, 0.29) is 28.1 Å². The second kappa shape index (κ2) is 11.6. The number of fused-ring (bicyclic) bond motifs is 1. The molecule has 1 aliphatic carbocycles. The van der Waals surface area contributed by atoms with Crippen molar-refractivity contribution in [2.75, 3.05) is 43.1 Å². The van der Waals surface area contributed by atoms with Crippen molar-refractivity contribution >= 4 is 39.4 Å². The van der Waals surface area contributed by atoms with Crippen LogP contribution >= 0.6 is 11.3 Å². The van der Waals surface area contributed by atoms with Gasteiger partial charge in [0.25, 0.3) is 0 Å². The molecule has 2 saturated heterocycles. The molecule has 0 bridgehead atoms. The molecular formula is C33H33F3N6O4S. The molecule has 47 heavy (non-hydrogen) atoms. The number of imidazole rings is 1. The third-order valence-electron chi connectivity index (χ3n) is 9.73. The van der Waals surface area contributed by atoms with E-state index in [1.807, 2.05) is 12.1 Å². The maximum atomic E-state index is 13.1. The smallest absolute Gasteiger partial charge is 0.416 e. The summed E-state index contributed by atoms with van der Waals surface area (Å²) in [4.78, 5) is 26.7. The summed E-state index contributed by atoms with van der Waals surface area (Å²) in [5, 5.41) is 18.9. The first kappa shape index (κ1) is 31.1. The summed E-state index contributed by atoms with van der Waals surface area (Å²) in [5.41, 5.74) is 0.613. The van der Waals surface area contributed by atoms with Gasteiger partial charge in [-0.2, -0.15) is 23.4 Å². The third kappa shape index (κ3) is 6.04. The summed E-state index contributed by atoms with van der Waals surface area (Å²) in [5.74, 6) is 1.16. The first-order valence-corrected chi connectivity index (χ1v) is 16.3. The molecule has 0 unspecified atom stereocenters. The fourth-order valence-corrected chi connectivity index (χ4v) is 7.63. The maximum Gasteiger partial charge on any atom is 0.416 e. The van der Waals surface area contributed by atoms with Crippen LogP contribution in [0.3, 0.4) is 0 Å². The van der Waals surface area contributed by atoms with Crippen LogP contribution in [-0.4, -0.2) is 58.9 Å². The van der Waals surface area contributed by atoms with Gasteiger partial charge in [0.2, 0.25) is 11.8 Å². The number of carboxylic acid groups (broad SMARTS) is 1. The van der Waals surface area contributed by atoms with Crippen LogP contribution in [0.1, 0.15) is 52.9 Å². The molecule has 0 atom stereocenters. The van der Waals surface area contributed by atoms with Crippen LogP contribution < -0.4 is 19.3 Å². The van der Waals surface area contributed by atoms with Gasteiger partial charge in [-0.25, -0.2) is 9.78 Å². The zero-order chi connectivity index (χ0) is 33.0. The van der Waals surface area contributed by atoms with Crippen LogP contribution in [-0.2, 0) is 19.3 Å². The number of alkyl halides is 3. The summed E-state index contributed by atoms with van der Waals surface area (Å²) in [7, 11) is 1.33. The van der Waals surface area contributed by atoms with Crippen molar-refractivity contribution in [1.29, 1.82) is 5.26 Å². The number of rotatable bonds is 10. The van der Waals surface area contributed by atoms with Crippen LogP contribution in [0.5, 0.6) is 11.6 Å². The van der Waals surface area contributed by atoms with Gasteiger partial charge in [-0.05, 0) is 49.9 Å². The number of nitriles is 1. The van der Waals surface area contributed by atoms with Crippen LogP contribution in [0, 0.1) is 22.2 Å². The topological polar surface area (TPSA) is 117 Å². The second-order valence-electron chi connectivity index (χ2n) is 12.9. The zero-order valence-electron chi connectivity index (χ0n) is 25.7. The Morgan fingerprint density at radius 1 is 1.09 bits per heavy atom. The van der Waals surface area contributed by atoms with E-state index < -0.39 is 17.7 Å². The molecule has 1 saturated carbocycles. The molecule has 2 aliphatic heterocycles. The van der Waals surface area contributed by atoms with Crippen molar-refractivity contribution in [2.24, 2.45) is 10.8 Å². The van der Waals surface area contributed by atoms with Crippen molar-refractivity contribution in [3.8, 4) is 17.7 Å². The number of benzene rings is 1. The number of ether oxygens (including phenoxy) is 2. The molecule has 0 amide bonds. The first-order chi connectivity index (χ1) is 22.5. The van der Waals surface area contributed by atoms with Crippen molar-refractivity contribution in [1.82, 2.24) is 14.5 Å². The number of methoxy groups -OCH3 is 1. The molecule has 1 spiro atoms. The number of aromatic nitrogens is 3. The molecule has 14 heteroatoms. The van der Waals surface area contributed by atoms with E-state index in [9.17, 15) is 28.3 Å². The van der Waals surface area contributed by atoms with Crippen molar-refractivity contribution < 1.29 is 32.5 Å². The molecular weight excluding hydrogens is 633 g/mol. The largest absolute Gasteiger partial charge is 0.496 e. The number of hydrogen-bond donors (Lipinski definition) is 1. The van der Waals surface area contributed by atoms with Gasteiger partial charge in [-0.3, -0.25) is 0 Å². The Balaban J connectivity index is 0.991. The summed E-state index contributed by atoms with van der Waals surface area (Å²) in [6, 6.07) is 12.9. The molecule has 1 aromatic carbocycles. The molecule has 0 radical (unpaired) electrons. The van der Waals surface area contributed by atoms with Crippen molar-refractivity contribution in [3.05, 3.63) is 58.5 Å². The Bertz CT molecular complexity index is 1860. The van der Waals surface area contributed by atoms with Crippen molar-refractivity contribution in [2.45, 2.75) is 51.4 Å². The average Bonchev–Trinajstić information content (AvgIpc) is 3.53. The summed E-state index contributed by atoms with van der Waals surface area (Å²) < 4.78 is 52.5. The Morgan fingerprint density at radius 3 is 2.51 bits per heavy atom. The normalized spacial score (nSPS) is 18.2. The minimum absolute atomic E-state index is 0.0133. The molecule has 4 aromatic rings. The number of aromatic carboxylic acids is 1. The van der Waals surface area contributed by atoms with E-state index >= 15 is 0 Å². The standard InChI is InChI=1S/C33H33F3N6O4S/c1-45-24-15-22(33(34,35)36)6-5-21(24)17-46-27-4-2-3-26(38-27)40-13-10-32(11-14-40)18-41(19-32)30-39-28-23(16-25(47-28)29(43)44)42(30)20-31(7-8-31)9-12-37/h2-6,15-16H,7-11,13-14,17-20H2,1H3,(H,43,44). The van der Waals surface area contributed by atoms with Crippen LogP contribution in [0.4, 0.5) is 24.9 Å². The maximum absolute atomic E-state index is 13.1. The van der Waals surface area contributed by atoms with Crippen LogP contribution in [0.25, 0.3) is 10.3 Å². The number of carbonyl (C=O) groups is 1. The summed E-state index contributed by atoms with van der Waals surface area (Å²) >= 11 is 1.19. The van der Waals surface area contributed by atoms with E-state index in [4.69, 9.17) is 14.5 Å². The summed E-state index contributed by atoms with van der Waals surface area (Å²) in [6.45, 7) is 4.01. The van der Waals surface area contributed by atoms with Gasteiger partial charge in [-0.15, -0.1) is 11.3 Å². The minimum atomic E-state index is -4.46. The lowest BCUT2D eigenvalue weighted by atomic mass is 9.72. The third-order valence-corrected chi connectivity index (χ3v) is 10.7.